The summed E-state index contributed by atoms with van der Waals surface area (Å²) in [6, 6.07) is 0.250. The molecule has 3 nitrogen and oxygen atoms in total. The van der Waals surface area contributed by atoms with Gasteiger partial charge in [-0.05, 0) is 12.2 Å². The molecule has 1 aliphatic carbocycles. The van der Waals surface area contributed by atoms with E-state index in [4.69, 9.17) is 4.74 Å². The minimum Gasteiger partial charge on any atom is -0.381 e. The van der Waals surface area contributed by atoms with Gasteiger partial charge >= 0.3 is 0 Å². The van der Waals surface area contributed by atoms with Crippen molar-refractivity contribution in [1.82, 2.24) is 5.32 Å². The molecule has 1 saturated carbocycles. The normalized spacial score (nSPS) is 29.4. The van der Waals surface area contributed by atoms with Gasteiger partial charge in [0.2, 0.25) is 5.91 Å². The molecule has 0 aromatic heterocycles. The van der Waals surface area contributed by atoms with Crippen LogP contribution in [-0.4, -0.2) is 30.9 Å². The fourth-order valence-corrected chi connectivity index (χ4v) is 2.10. The number of carbonyl (C=O) groups excluding carboxylic acids is 1. The van der Waals surface area contributed by atoms with E-state index >= 15 is 0 Å². The van der Waals surface area contributed by atoms with Gasteiger partial charge in [-0.3, -0.25) is 4.79 Å². The smallest absolute Gasteiger partial charge is 0.221 e. The maximum absolute atomic E-state index is 11.3. The Balaban J connectivity index is 2.39. The summed E-state index contributed by atoms with van der Waals surface area (Å²) in [5.41, 5.74) is 0.0566. The second kappa shape index (κ2) is 4.53. The molecular formula is C10H19NO2S. The van der Waals surface area contributed by atoms with Crippen LogP contribution in [0.1, 0.15) is 26.7 Å². The van der Waals surface area contributed by atoms with Gasteiger partial charge in [-0.1, -0.05) is 13.8 Å². The van der Waals surface area contributed by atoms with E-state index in [2.05, 4.69) is 31.8 Å². The van der Waals surface area contributed by atoms with Crippen molar-refractivity contribution in [2.45, 2.75) is 38.8 Å². The van der Waals surface area contributed by atoms with Crippen molar-refractivity contribution in [3.63, 3.8) is 0 Å². The van der Waals surface area contributed by atoms with E-state index in [0.29, 0.717) is 12.2 Å². The lowest BCUT2D eigenvalue weighted by Gasteiger charge is -2.51. The lowest BCUT2D eigenvalue weighted by molar-refractivity contribution is -0.132. The number of nitrogens with one attached hydrogen (secondary N) is 1. The maximum atomic E-state index is 11.3. The Bertz CT molecular complexity index is 218. The average molecular weight is 217 g/mol. The van der Waals surface area contributed by atoms with E-state index in [0.717, 1.165) is 6.42 Å². The molecule has 4 heteroatoms. The van der Waals surface area contributed by atoms with Crippen LogP contribution in [0.3, 0.4) is 0 Å². The first kappa shape index (κ1) is 11.9. The zero-order valence-electron chi connectivity index (χ0n) is 9.04. The number of rotatable bonds is 4. The summed E-state index contributed by atoms with van der Waals surface area (Å²) in [6.45, 7) is 4.24. The van der Waals surface area contributed by atoms with Crippen LogP contribution in [0.2, 0.25) is 0 Å². The number of hydrogen-bond donors (Lipinski definition) is 2. The molecular weight excluding hydrogens is 198 g/mol. The summed E-state index contributed by atoms with van der Waals surface area (Å²) in [7, 11) is 1.72. The molecule has 0 radical (unpaired) electrons. The Kier molecular flexibility index (Phi) is 3.84. The van der Waals surface area contributed by atoms with Crippen molar-refractivity contribution in [2.75, 3.05) is 12.9 Å². The quantitative estimate of drug-likeness (QED) is 0.695. The Morgan fingerprint density at radius 3 is 2.71 bits per heavy atom. The van der Waals surface area contributed by atoms with E-state index in [1.165, 1.54) is 0 Å². The molecule has 1 fully saturated rings. The molecule has 14 heavy (non-hydrogen) atoms. The second-order valence-corrected chi connectivity index (χ2v) is 4.82. The molecule has 82 valence electrons. The molecule has 0 aliphatic heterocycles. The van der Waals surface area contributed by atoms with Crippen LogP contribution in [0.15, 0.2) is 0 Å². The van der Waals surface area contributed by atoms with Crippen molar-refractivity contribution in [3.8, 4) is 0 Å². The maximum Gasteiger partial charge on any atom is 0.221 e. The predicted molar refractivity (Wildman–Crippen MR) is 59.6 cm³/mol. The standard InChI is InChI=1S/C10H19NO2S/c1-10(2)7(6-8(10)13-3)11-9(12)4-5-14/h7-8,14H,4-6H2,1-3H3,(H,11,12). The fourth-order valence-electron chi connectivity index (χ4n) is 1.90. The third kappa shape index (κ3) is 2.23. The number of methoxy groups -OCH3 is 1. The first-order chi connectivity index (χ1) is 6.52. The Hall–Kier alpha value is -0.220. The summed E-state index contributed by atoms with van der Waals surface area (Å²) in [4.78, 5) is 11.3. The van der Waals surface area contributed by atoms with Gasteiger partial charge in [0.15, 0.2) is 0 Å². The van der Waals surface area contributed by atoms with Crippen LogP contribution in [0, 0.1) is 5.41 Å². The lowest BCUT2D eigenvalue weighted by Crippen LogP contribution is -2.61. The van der Waals surface area contributed by atoms with Crippen molar-refractivity contribution >= 4 is 18.5 Å². The number of thiol groups is 1. The highest BCUT2D eigenvalue weighted by atomic mass is 32.1. The summed E-state index contributed by atoms with van der Waals surface area (Å²) < 4.78 is 5.31. The second-order valence-electron chi connectivity index (χ2n) is 4.38. The largest absolute Gasteiger partial charge is 0.381 e. The van der Waals surface area contributed by atoms with Crippen LogP contribution in [-0.2, 0) is 9.53 Å². The average Bonchev–Trinajstić information content (AvgIpc) is 2.12. The topological polar surface area (TPSA) is 38.3 Å². The number of hydrogen-bond acceptors (Lipinski definition) is 3. The minimum absolute atomic E-state index is 0.0566. The van der Waals surface area contributed by atoms with E-state index in [1.54, 1.807) is 7.11 Å². The van der Waals surface area contributed by atoms with E-state index in [-0.39, 0.29) is 23.5 Å². The van der Waals surface area contributed by atoms with Crippen molar-refractivity contribution < 1.29 is 9.53 Å². The highest BCUT2D eigenvalue weighted by Gasteiger charge is 2.48. The monoisotopic (exact) mass is 217 g/mol. The molecule has 1 rings (SSSR count). The molecule has 0 saturated heterocycles. The third-order valence-corrected chi connectivity index (χ3v) is 3.36. The SMILES string of the molecule is COC1CC(NC(=O)CCS)C1(C)C. The van der Waals surface area contributed by atoms with Gasteiger partial charge in [-0.15, -0.1) is 0 Å². The number of carbonyl (C=O) groups is 1. The molecule has 0 bridgehead atoms. The molecule has 0 spiro atoms. The molecule has 0 aromatic rings. The minimum atomic E-state index is 0.0566. The molecule has 2 atom stereocenters. The summed E-state index contributed by atoms with van der Waals surface area (Å²) >= 11 is 4.02. The van der Waals surface area contributed by atoms with Crippen LogP contribution in [0.25, 0.3) is 0 Å². The predicted octanol–water partition coefficient (Wildman–Crippen LogP) is 1.24. The van der Waals surface area contributed by atoms with E-state index in [1.807, 2.05) is 0 Å². The van der Waals surface area contributed by atoms with Gasteiger partial charge in [-0.2, -0.15) is 12.6 Å². The first-order valence-electron chi connectivity index (χ1n) is 4.95. The first-order valence-corrected chi connectivity index (χ1v) is 5.58. The highest BCUT2D eigenvalue weighted by molar-refractivity contribution is 7.80. The molecule has 1 aliphatic rings. The molecule has 2 unspecified atom stereocenters. The number of amides is 1. The van der Waals surface area contributed by atoms with Crippen LogP contribution in [0.5, 0.6) is 0 Å². The summed E-state index contributed by atoms with van der Waals surface area (Å²) in [6.07, 6.45) is 1.68. The van der Waals surface area contributed by atoms with Crippen molar-refractivity contribution in [3.05, 3.63) is 0 Å². The number of ether oxygens (including phenoxy) is 1. The Labute approximate surface area is 91.0 Å². The van der Waals surface area contributed by atoms with E-state index < -0.39 is 0 Å². The van der Waals surface area contributed by atoms with Gasteiger partial charge in [0.25, 0.3) is 0 Å². The van der Waals surface area contributed by atoms with Gasteiger partial charge in [0.05, 0.1) is 6.10 Å². The van der Waals surface area contributed by atoms with Gasteiger partial charge < -0.3 is 10.1 Å². The Morgan fingerprint density at radius 1 is 1.64 bits per heavy atom. The van der Waals surface area contributed by atoms with Crippen molar-refractivity contribution in [1.29, 1.82) is 0 Å². The van der Waals surface area contributed by atoms with Gasteiger partial charge in [0, 0.05) is 25.0 Å². The zero-order chi connectivity index (χ0) is 10.8. The lowest BCUT2D eigenvalue weighted by atomic mass is 9.64. The Morgan fingerprint density at radius 2 is 2.29 bits per heavy atom. The summed E-state index contributed by atoms with van der Waals surface area (Å²) in [5, 5.41) is 3.00. The summed E-state index contributed by atoms with van der Waals surface area (Å²) in [5.74, 6) is 0.694. The van der Waals surface area contributed by atoms with Crippen LogP contribution in [0.4, 0.5) is 0 Å². The molecule has 0 heterocycles. The third-order valence-electron chi connectivity index (χ3n) is 3.14. The zero-order valence-corrected chi connectivity index (χ0v) is 9.93. The molecule has 1 N–H and O–H groups in total. The highest BCUT2D eigenvalue weighted by Crippen LogP contribution is 2.42. The van der Waals surface area contributed by atoms with Gasteiger partial charge in [-0.25, -0.2) is 0 Å². The van der Waals surface area contributed by atoms with Crippen molar-refractivity contribution in [2.24, 2.45) is 5.41 Å². The molecule has 0 aromatic carbocycles. The molecule has 1 amide bonds. The van der Waals surface area contributed by atoms with Gasteiger partial charge in [0.1, 0.15) is 0 Å². The van der Waals surface area contributed by atoms with Crippen LogP contribution < -0.4 is 5.32 Å². The van der Waals surface area contributed by atoms with E-state index in [9.17, 15) is 4.79 Å². The fraction of sp³-hybridized carbons (Fsp3) is 0.900. The van der Waals surface area contributed by atoms with Crippen LogP contribution >= 0.6 is 12.6 Å².